The second-order valence-electron chi connectivity index (χ2n) is 4.58. The van der Waals surface area contributed by atoms with Crippen molar-refractivity contribution < 1.29 is 19.1 Å². The molecule has 6 heteroatoms. The highest BCUT2D eigenvalue weighted by Crippen LogP contribution is 2.14. The molecule has 0 spiro atoms. The fraction of sp³-hybridized carbons (Fsp3) is 0.643. The SMILES string of the molecule is CCOC(=O)c1csc(C(=O)COC(C)C(C)CC)n1. The Morgan fingerprint density at radius 2 is 2.05 bits per heavy atom. The number of ether oxygens (including phenoxy) is 2. The van der Waals surface area contributed by atoms with Crippen LogP contribution in [0.2, 0.25) is 0 Å². The summed E-state index contributed by atoms with van der Waals surface area (Å²) in [6.07, 6.45) is 1.02. The lowest BCUT2D eigenvalue weighted by Crippen LogP contribution is -2.21. The van der Waals surface area contributed by atoms with E-state index in [0.717, 1.165) is 17.8 Å². The van der Waals surface area contributed by atoms with Crippen molar-refractivity contribution in [2.75, 3.05) is 13.2 Å². The smallest absolute Gasteiger partial charge is 0.357 e. The van der Waals surface area contributed by atoms with Crippen LogP contribution in [0, 0.1) is 5.92 Å². The minimum atomic E-state index is -0.503. The van der Waals surface area contributed by atoms with Gasteiger partial charge in [-0.05, 0) is 19.8 Å². The molecule has 0 aliphatic rings. The average Bonchev–Trinajstić information content (AvgIpc) is 2.93. The molecule has 1 heterocycles. The van der Waals surface area contributed by atoms with Gasteiger partial charge in [0.1, 0.15) is 6.61 Å². The molecule has 0 aromatic carbocycles. The van der Waals surface area contributed by atoms with Gasteiger partial charge in [0, 0.05) is 5.38 Å². The van der Waals surface area contributed by atoms with Crippen LogP contribution < -0.4 is 0 Å². The van der Waals surface area contributed by atoms with Crippen LogP contribution in [0.15, 0.2) is 5.38 Å². The summed E-state index contributed by atoms with van der Waals surface area (Å²) in [5.41, 5.74) is 0.176. The molecule has 0 saturated heterocycles. The average molecular weight is 299 g/mol. The molecule has 2 atom stereocenters. The lowest BCUT2D eigenvalue weighted by Gasteiger charge is -2.18. The maximum absolute atomic E-state index is 11.9. The lowest BCUT2D eigenvalue weighted by atomic mass is 10.0. The minimum absolute atomic E-state index is 0.0126. The molecule has 0 saturated carbocycles. The molecule has 0 amide bonds. The molecule has 0 aliphatic heterocycles. The predicted molar refractivity (Wildman–Crippen MR) is 77.3 cm³/mol. The Morgan fingerprint density at radius 3 is 2.65 bits per heavy atom. The first kappa shape index (κ1) is 16.8. The van der Waals surface area contributed by atoms with E-state index in [1.807, 2.05) is 6.92 Å². The molecule has 0 bridgehead atoms. The second kappa shape index (κ2) is 8.11. The van der Waals surface area contributed by atoms with Crippen LogP contribution in [0.4, 0.5) is 0 Å². The van der Waals surface area contributed by atoms with Crippen LogP contribution in [-0.4, -0.2) is 36.1 Å². The monoisotopic (exact) mass is 299 g/mol. The standard InChI is InChI=1S/C14H21NO4S/c1-5-9(3)10(4)19-7-12(16)13-15-11(8-20-13)14(17)18-6-2/h8-10H,5-7H2,1-4H3. The van der Waals surface area contributed by atoms with E-state index in [0.29, 0.717) is 5.92 Å². The summed E-state index contributed by atoms with van der Waals surface area (Å²) in [5.74, 6) is -0.313. The number of ketones is 1. The van der Waals surface area contributed by atoms with Gasteiger partial charge in [-0.3, -0.25) is 4.79 Å². The van der Waals surface area contributed by atoms with Gasteiger partial charge in [0.05, 0.1) is 12.7 Å². The zero-order valence-corrected chi connectivity index (χ0v) is 13.2. The first-order chi connectivity index (χ1) is 9.49. The van der Waals surface area contributed by atoms with Crippen LogP contribution in [0.3, 0.4) is 0 Å². The van der Waals surface area contributed by atoms with Crippen LogP contribution in [0.25, 0.3) is 0 Å². The van der Waals surface area contributed by atoms with Gasteiger partial charge in [0.25, 0.3) is 0 Å². The molecular formula is C14H21NO4S. The third-order valence-corrected chi connectivity index (χ3v) is 4.03. The zero-order chi connectivity index (χ0) is 15.1. The Hall–Kier alpha value is -1.27. The van der Waals surface area contributed by atoms with Gasteiger partial charge >= 0.3 is 5.97 Å². The molecule has 1 aromatic heterocycles. The summed E-state index contributed by atoms with van der Waals surface area (Å²) < 4.78 is 10.4. The number of esters is 1. The predicted octanol–water partition coefficient (Wildman–Crippen LogP) is 2.95. The highest BCUT2D eigenvalue weighted by atomic mass is 32.1. The van der Waals surface area contributed by atoms with Crippen molar-refractivity contribution in [1.29, 1.82) is 0 Å². The highest BCUT2D eigenvalue weighted by Gasteiger charge is 2.18. The van der Waals surface area contributed by atoms with E-state index >= 15 is 0 Å². The Labute approximate surface area is 123 Å². The summed E-state index contributed by atoms with van der Waals surface area (Å²) in [6.45, 7) is 8.11. The van der Waals surface area contributed by atoms with E-state index in [1.165, 1.54) is 5.38 Å². The van der Waals surface area contributed by atoms with Crippen LogP contribution in [-0.2, 0) is 9.47 Å². The maximum Gasteiger partial charge on any atom is 0.357 e. The van der Waals surface area contributed by atoms with Gasteiger partial charge in [-0.2, -0.15) is 0 Å². The summed E-state index contributed by atoms with van der Waals surface area (Å²) in [5, 5.41) is 1.81. The summed E-state index contributed by atoms with van der Waals surface area (Å²) in [7, 11) is 0. The zero-order valence-electron chi connectivity index (χ0n) is 12.3. The number of nitrogens with zero attached hydrogens (tertiary/aromatic N) is 1. The maximum atomic E-state index is 11.9. The van der Waals surface area contributed by atoms with Crippen molar-refractivity contribution in [2.24, 2.45) is 5.92 Å². The van der Waals surface area contributed by atoms with E-state index < -0.39 is 5.97 Å². The molecule has 20 heavy (non-hydrogen) atoms. The molecule has 1 aromatic rings. The van der Waals surface area contributed by atoms with Gasteiger partial charge in [-0.1, -0.05) is 20.3 Å². The number of aromatic nitrogens is 1. The number of rotatable bonds is 8. The summed E-state index contributed by atoms with van der Waals surface area (Å²) >= 11 is 1.14. The number of hydrogen-bond donors (Lipinski definition) is 0. The third-order valence-electron chi connectivity index (χ3n) is 3.15. The second-order valence-corrected chi connectivity index (χ2v) is 5.44. The van der Waals surface area contributed by atoms with Crippen molar-refractivity contribution in [3.63, 3.8) is 0 Å². The fourth-order valence-corrected chi connectivity index (χ4v) is 2.18. The first-order valence-electron chi connectivity index (χ1n) is 6.77. The van der Waals surface area contributed by atoms with Crippen molar-refractivity contribution in [1.82, 2.24) is 4.98 Å². The van der Waals surface area contributed by atoms with Gasteiger partial charge in [-0.25, -0.2) is 9.78 Å². The lowest BCUT2D eigenvalue weighted by molar-refractivity contribution is 0.0289. The molecule has 5 nitrogen and oxygen atoms in total. The summed E-state index contributed by atoms with van der Waals surface area (Å²) in [6, 6.07) is 0. The topological polar surface area (TPSA) is 65.5 Å². The Balaban J connectivity index is 2.54. The third kappa shape index (κ3) is 4.68. The normalized spacial score (nSPS) is 13.8. The summed E-state index contributed by atoms with van der Waals surface area (Å²) in [4.78, 5) is 27.4. The van der Waals surface area contributed by atoms with Gasteiger partial charge in [0.2, 0.25) is 5.78 Å². The van der Waals surface area contributed by atoms with Crippen LogP contribution >= 0.6 is 11.3 Å². The molecular weight excluding hydrogens is 278 g/mol. The number of Topliss-reactive ketones (excluding diaryl/α,β-unsaturated/α-hetero) is 1. The van der Waals surface area contributed by atoms with E-state index in [1.54, 1.807) is 6.92 Å². The molecule has 112 valence electrons. The molecule has 0 fully saturated rings. The number of hydrogen-bond acceptors (Lipinski definition) is 6. The Bertz CT molecular complexity index is 458. The highest BCUT2D eigenvalue weighted by molar-refractivity contribution is 7.12. The van der Waals surface area contributed by atoms with Crippen molar-refractivity contribution >= 4 is 23.1 Å². The number of carbonyl (C=O) groups excluding carboxylic acids is 2. The fourth-order valence-electron chi connectivity index (χ4n) is 1.47. The number of carbonyl (C=O) groups is 2. The van der Waals surface area contributed by atoms with E-state index in [4.69, 9.17) is 9.47 Å². The Morgan fingerprint density at radius 1 is 1.35 bits per heavy atom. The van der Waals surface area contributed by atoms with E-state index in [-0.39, 0.29) is 35.8 Å². The van der Waals surface area contributed by atoms with Crippen LogP contribution in [0.1, 0.15) is 54.4 Å². The van der Waals surface area contributed by atoms with Crippen molar-refractivity contribution in [3.8, 4) is 0 Å². The Kier molecular flexibility index (Phi) is 6.81. The quantitative estimate of drug-likeness (QED) is 0.545. The van der Waals surface area contributed by atoms with Crippen molar-refractivity contribution in [2.45, 2.75) is 40.2 Å². The largest absolute Gasteiger partial charge is 0.461 e. The molecule has 1 rings (SSSR count). The molecule has 2 unspecified atom stereocenters. The van der Waals surface area contributed by atoms with Gasteiger partial charge in [0.15, 0.2) is 10.7 Å². The first-order valence-corrected chi connectivity index (χ1v) is 7.64. The van der Waals surface area contributed by atoms with Gasteiger partial charge < -0.3 is 9.47 Å². The number of thiazole rings is 1. The molecule has 0 N–H and O–H groups in total. The van der Waals surface area contributed by atoms with Crippen molar-refractivity contribution in [3.05, 3.63) is 16.1 Å². The molecule has 0 radical (unpaired) electrons. The van der Waals surface area contributed by atoms with Gasteiger partial charge in [-0.15, -0.1) is 11.3 Å². The van der Waals surface area contributed by atoms with Crippen LogP contribution in [0.5, 0.6) is 0 Å². The van der Waals surface area contributed by atoms with E-state index in [2.05, 4.69) is 18.8 Å². The minimum Gasteiger partial charge on any atom is -0.461 e. The molecule has 0 aliphatic carbocycles. The van der Waals surface area contributed by atoms with E-state index in [9.17, 15) is 9.59 Å².